The molecule has 1 amide bonds. The molecule has 0 radical (unpaired) electrons. The maximum absolute atomic E-state index is 14.5. The number of rotatable bonds is 5. The summed E-state index contributed by atoms with van der Waals surface area (Å²) in [7, 11) is 1.56. The fourth-order valence-electron chi connectivity index (χ4n) is 4.04. The van der Waals surface area contributed by atoms with Gasteiger partial charge in [-0.1, -0.05) is 18.5 Å². The van der Waals surface area contributed by atoms with Crippen LogP contribution in [0.1, 0.15) is 29.4 Å². The number of anilines is 1. The van der Waals surface area contributed by atoms with Gasteiger partial charge in [-0.3, -0.25) is 9.48 Å². The Kier molecular flexibility index (Phi) is 6.82. The average Bonchev–Trinajstić information content (AvgIpc) is 3.19. The van der Waals surface area contributed by atoms with Crippen molar-refractivity contribution >= 4 is 23.5 Å². The molecule has 0 spiro atoms. The third-order valence-electron chi connectivity index (χ3n) is 5.68. The minimum atomic E-state index is -4.60. The summed E-state index contributed by atoms with van der Waals surface area (Å²) in [4.78, 5) is 30.0. The number of carbonyl (C=O) groups excluding carboxylic acids is 1. The summed E-state index contributed by atoms with van der Waals surface area (Å²) in [6.07, 6.45) is 0.307. The Morgan fingerprint density at radius 1 is 1.17 bits per heavy atom. The van der Waals surface area contributed by atoms with E-state index in [1.54, 1.807) is 14.0 Å². The number of nitrogens with one attached hydrogen (secondary N) is 1. The summed E-state index contributed by atoms with van der Waals surface area (Å²) in [6, 6.07) is -0.760. The van der Waals surface area contributed by atoms with Crippen molar-refractivity contribution < 1.29 is 26.7 Å². The number of likely N-dealkylation sites (tertiary alicyclic amines) is 1. The summed E-state index contributed by atoms with van der Waals surface area (Å²) in [6.45, 7) is 0.622. The van der Waals surface area contributed by atoms with Gasteiger partial charge in [0.25, 0.3) is 11.8 Å². The molecule has 36 heavy (non-hydrogen) atoms. The van der Waals surface area contributed by atoms with Gasteiger partial charge in [0.1, 0.15) is 0 Å². The molecule has 1 fully saturated rings. The number of piperidine rings is 1. The number of aromatic nitrogens is 6. The van der Waals surface area contributed by atoms with Crippen LogP contribution in [0.5, 0.6) is 0 Å². The van der Waals surface area contributed by atoms with Crippen LogP contribution in [0.3, 0.4) is 0 Å². The summed E-state index contributed by atoms with van der Waals surface area (Å²) < 4.78 is 68.7. The SMILES string of the molecule is CC1CC(F)(F)CN(C(=O)c2nn(C)cc2-c2ncc(Cl)cn2)C1CNc1ncc(C(F)(F)F)cn1. The highest BCUT2D eigenvalue weighted by atomic mass is 35.5. The van der Waals surface area contributed by atoms with Crippen LogP contribution in [0.4, 0.5) is 27.9 Å². The summed E-state index contributed by atoms with van der Waals surface area (Å²) in [5, 5.41) is 7.18. The predicted octanol–water partition coefficient (Wildman–Crippen LogP) is 3.94. The Bertz CT molecular complexity index is 1230. The molecule has 1 N–H and O–H groups in total. The Morgan fingerprint density at radius 3 is 2.42 bits per heavy atom. The molecule has 4 rings (SSSR count). The lowest BCUT2D eigenvalue weighted by Crippen LogP contribution is -2.57. The van der Waals surface area contributed by atoms with E-state index in [9.17, 15) is 26.7 Å². The molecule has 1 saturated heterocycles. The molecule has 2 unspecified atom stereocenters. The molecule has 4 heterocycles. The molecule has 15 heteroatoms. The van der Waals surface area contributed by atoms with Gasteiger partial charge in [-0.15, -0.1) is 0 Å². The van der Waals surface area contributed by atoms with Crippen LogP contribution in [-0.2, 0) is 13.2 Å². The van der Waals surface area contributed by atoms with E-state index in [1.807, 2.05) is 0 Å². The summed E-state index contributed by atoms with van der Waals surface area (Å²) in [5.41, 5.74) is -0.915. The van der Waals surface area contributed by atoms with Crippen LogP contribution >= 0.6 is 11.6 Å². The molecule has 3 aromatic heterocycles. The van der Waals surface area contributed by atoms with Gasteiger partial charge in [0, 0.05) is 51.0 Å². The highest BCUT2D eigenvalue weighted by Gasteiger charge is 2.47. The Morgan fingerprint density at radius 2 is 1.81 bits per heavy atom. The fraction of sp³-hybridized carbons (Fsp3) is 0.429. The quantitative estimate of drug-likeness (QED) is 0.499. The third kappa shape index (κ3) is 5.53. The molecule has 2 atom stereocenters. The van der Waals surface area contributed by atoms with E-state index in [4.69, 9.17) is 11.6 Å². The van der Waals surface area contributed by atoms with Crippen molar-refractivity contribution in [1.29, 1.82) is 0 Å². The smallest absolute Gasteiger partial charge is 0.352 e. The van der Waals surface area contributed by atoms with Crippen molar-refractivity contribution in [1.82, 2.24) is 34.6 Å². The van der Waals surface area contributed by atoms with Crippen LogP contribution in [0.2, 0.25) is 5.02 Å². The molecule has 0 aliphatic carbocycles. The first-order valence-corrected chi connectivity index (χ1v) is 11.1. The molecule has 9 nitrogen and oxygen atoms in total. The van der Waals surface area contributed by atoms with E-state index in [1.165, 1.54) is 23.3 Å². The normalized spacial score (nSPS) is 19.8. The molecule has 0 bridgehead atoms. The maximum Gasteiger partial charge on any atom is 0.419 e. The van der Waals surface area contributed by atoms with E-state index >= 15 is 0 Å². The third-order valence-corrected chi connectivity index (χ3v) is 5.88. The minimum Gasteiger partial charge on any atom is -0.352 e. The first-order valence-electron chi connectivity index (χ1n) is 10.7. The standard InChI is InChI=1S/C21H20ClF5N8O/c1-11-3-20(23,24)10-35(15(11)8-32-19-30-4-12(5-31-19)21(25,26)27)18(36)16-14(9-34(2)33-16)17-28-6-13(22)7-29-17/h4-7,9,11,15H,3,8,10H2,1-2H3,(H,30,31,32). The van der Waals surface area contributed by atoms with Crippen molar-refractivity contribution in [3.05, 3.63) is 47.3 Å². The highest BCUT2D eigenvalue weighted by molar-refractivity contribution is 6.30. The topological polar surface area (TPSA) is 102 Å². The van der Waals surface area contributed by atoms with Crippen molar-refractivity contribution in [2.75, 3.05) is 18.4 Å². The predicted molar refractivity (Wildman–Crippen MR) is 118 cm³/mol. The van der Waals surface area contributed by atoms with Crippen molar-refractivity contribution in [3.8, 4) is 11.4 Å². The second-order valence-corrected chi connectivity index (χ2v) is 8.94. The lowest BCUT2D eigenvalue weighted by Gasteiger charge is -2.43. The first kappa shape index (κ1) is 25.7. The largest absolute Gasteiger partial charge is 0.419 e. The Labute approximate surface area is 206 Å². The summed E-state index contributed by atoms with van der Waals surface area (Å²) >= 11 is 5.83. The molecular formula is C21H20ClF5N8O. The van der Waals surface area contributed by atoms with Crippen LogP contribution in [0, 0.1) is 5.92 Å². The first-order chi connectivity index (χ1) is 16.8. The molecule has 1 aliphatic heterocycles. The number of amides is 1. The van der Waals surface area contributed by atoms with Gasteiger partial charge in [0.15, 0.2) is 11.5 Å². The Hall–Kier alpha value is -3.42. The number of hydrogen-bond acceptors (Lipinski definition) is 7. The van der Waals surface area contributed by atoms with Crippen LogP contribution in [0.25, 0.3) is 11.4 Å². The van der Waals surface area contributed by atoms with Gasteiger partial charge in [-0.05, 0) is 5.92 Å². The zero-order chi connectivity index (χ0) is 26.3. The van der Waals surface area contributed by atoms with Crippen molar-refractivity contribution in [2.45, 2.75) is 31.5 Å². The lowest BCUT2D eigenvalue weighted by atomic mass is 9.88. The van der Waals surface area contributed by atoms with Gasteiger partial charge in [-0.2, -0.15) is 18.3 Å². The molecular weight excluding hydrogens is 511 g/mol. The van der Waals surface area contributed by atoms with E-state index in [0.29, 0.717) is 12.4 Å². The molecule has 1 aliphatic rings. The number of nitrogens with zero attached hydrogens (tertiary/aromatic N) is 7. The van der Waals surface area contributed by atoms with Crippen molar-refractivity contribution in [3.63, 3.8) is 0 Å². The molecule has 3 aromatic rings. The zero-order valence-corrected chi connectivity index (χ0v) is 19.7. The van der Waals surface area contributed by atoms with Gasteiger partial charge in [0.05, 0.1) is 28.7 Å². The van der Waals surface area contributed by atoms with E-state index in [0.717, 1.165) is 4.90 Å². The van der Waals surface area contributed by atoms with E-state index in [-0.39, 0.29) is 34.6 Å². The van der Waals surface area contributed by atoms with Crippen LogP contribution in [-0.4, -0.2) is 65.6 Å². The number of alkyl halides is 5. The molecule has 0 saturated carbocycles. The van der Waals surface area contributed by atoms with E-state index in [2.05, 4.69) is 30.4 Å². The second-order valence-electron chi connectivity index (χ2n) is 8.50. The van der Waals surface area contributed by atoms with Gasteiger partial charge < -0.3 is 10.2 Å². The fourth-order valence-corrected chi connectivity index (χ4v) is 4.14. The highest BCUT2D eigenvalue weighted by Crippen LogP contribution is 2.36. The van der Waals surface area contributed by atoms with Gasteiger partial charge in [-0.25, -0.2) is 28.7 Å². The second kappa shape index (κ2) is 9.56. The summed E-state index contributed by atoms with van der Waals surface area (Å²) in [5.74, 6) is -4.58. The minimum absolute atomic E-state index is 0.0754. The number of hydrogen-bond donors (Lipinski definition) is 1. The Balaban J connectivity index is 1.60. The molecule has 0 aromatic carbocycles. The monoisotopic (exact) mass is 530 g/mol. The maximum atomic E-state index is 14.5. The number of aryl methyl sites for hydroxylation is 1. The van der Waals surface area contributed by atoms with Crippen LogP contribution < -0.4 is 5.32 Å². The van der Waals surface area contributed by atoms with Crippen LogP contribution in [0.15, 0.2) is 31.0 Å². The van der Waals surface area contributed by atoms with Gasteiger partial charge in [0.2, 0.25) is 5.95 Å². The number of carbonyl (C=O) groups is 1. The average molecular weight is 531 g/mol. The van der Waals surface area contributed by atoms with Gasteiger partial charge >= 0.3 is 6.18 Å². The molecule has 192 valence electrons. The lowest BCUT2D eigenvalue weighted by molar-refractivity contribution is -0.138. The number of halogens is 6. The van der Waals surface area contributed by atoms with Crippen molar-refractivity contribution in [2.24, 2.45) is 13.0 Å². The zero-order valence-electron chi connectivity index (χ0n) is 19.0. The van der Waals surface area contributed by atoms with E-state index < -0.39 is 48.5 Å².